The predicted octanol–water partition coefficient (Wildman–Crippen LogP) is 5.62. The number of fused-ring (bicyclic) bond motifs is 1. The van der Waals surface area contributed by atoms with E-state index in [0.717, 1.165) is 31.4 Å². The largest absolute Gasteiger partial charge is 0.461 e. The first-order chi connectivity index (χ1) is 13.6. The average Bonchev–Trinajstić information content (AvgIpc) is 2.97. The zero-order chi connectivity index (χ0) is 21.3. The maximum Gasteiger partial charge on any atom is 0.416 e. The van der Waals surface area contributed by atoms with Crippen LogP contribution in [0.25, 0.3) is 11.0 Å². The molecule has 0 aliphatic heterocycles. The summed E-state index contributed by atoms with van der Waals surface area (Å²) in [6.07, 6.45) is -1.09. The van der Waals surface area contributed by atoms with Gasteiger partial charge in [0.1, 0.15) is 18.5 Å². The molecule has 3 rings (SSSR count). The third-order valence-electron chi connectivity index (χ3n) is 6.00. The van der Waals surface area contributed by atoms with E-state index in [1.807, 2.05) is 6.92 Å². The van der Waals surface area contributed by atoms with E-state index in [1.54, 1.807) is 4.57 Å². The third-order valence-corrected chi connectivity index (χ3v) is 6.00. The Balaban J connectivity index is 1.85. The number of hydrogen-bond donors (Lipinski definition) is 0. The van der Waals surface area contributed by atoms with Gasteiger partial charge >= 0.3 is 12.1 Å². The smallest absolute Gasteiger partial charge is 0.416 e. The normalized spacial score (nSPS) is 23.0. The number of carbonyl (C=O) groups excluding carboxylic acids is 1. The summed E-state index contributed by atoms with van der Waals surface area (Å²) in [5, 5.41) is 0. The summed E-state index contributed by atoms with van der Waals surface area (Å²) in [7, 11) is 0. The molecule has 29 heavy (non-hydrogen) atoms. The average molecular weight is 410 g/mol. The number of imidazole rings is 1. The van der Waals surface area contributed by atoms with Gasteiger partial charge < -0.3 is 9.30 Å². The molecule has 4 nitrogen and oxygen atoms in total. The van der Waals surface area contributed by atoms with Crippen LogP contribution < -0.4 is 0 Å². The first-order valence-electron chi connectivity index (χ1n) is 10.4. The lowest BCUT2D eigenvalue weighted by Crippen LogP contribution is -2.36. The van der Waals surface area contributed by atoms with Crippen molar-refractivity contribution < 1.29 is 22.7 Å². The maximum atomic E-state index is 13.1. The fourth-order valence-electron chi connectivity index (χ4n) is 4.38. The molecule has 1 heterocycles. The van der Waals surface area contributed by atoms with Crippen molar-refractivity contribution in [1.29, 1.82) is 0 Å². The molecule has 1 aliphatic carbocycles. The van der Waals surface area contributed by atoms with Crippen LogP contribution in [0.4, 0.5) is 13.2 Å². The number of aryl methyl sites for hydroxylation is 1. The van der Waals surface area contributed by atoms with Crippen LogP contribution in [0.3, 0.4) is 0 Å². The van der Waals surface area contributed by atoms with E-state index in [9.17, 15) is 18.0 Å². The molecule has 0 N–H and O–H groups in total. The van der Waals surface area contributed by atoms with Crippen LogP contribution in [0.5, 0.6) is 0 Å². The van der Waals surface area contributed by atoms with Gasteiger partial charge in [-0.2, -0.15) is 13.2 Å². The standard InChI is InChI=1S/C22H29F3N2O2/c1-5-20-26-17-9-7-15(22(23,24)25)11-18(17)27(20)12-21(28)29-19-10-14(4)6-8-16(19)13(2)3/h7,9,11,13-14,16,19H,5-6,8,10,12H2,1-4H3/t14?,16-,19?/m0/s1. The predicted molar refractivity (Wildman–Crippen MR) is 105 cm³/mol. The van der Waals surface area contributed by atoms with Crippen LogP contribution in [-0.2, 0) is 28.7 Å². The number of aromatic nitrogens is 2. The zero-order valence-electron chi connectivity index (χ0n) is 17.4. The number of nitrogens with zero attached hydrogens (tertiary/aromatic N) is 2. The van der Waals surface area contributed by atoms with Crippen molar-refractivity contribution in [3.05, 3.63) is 29.6 Å². The second-order valence-corrected chi connectivity index (χ2v) is 8.52. The summed E-state index contributed by atoms with van der Waals surface area (Å²) < 4.78 is 46.8. The van der Waals surface area contributed by atoms with Crippen molar-refractivity contribution in [2.45, 2.75) is 72.2 Å². The van der Waals surface area contributed by atoms with E-state index in [4.69, 9.17) is 4.74 Å². The molecule has 0 saturated heterocycles. The summed E-state index contributed by atoms with van der Waals surface area (Å²) in [6.45, 7) is 8.17. The number of hydrogen-bond acceptors (Lipinski definition) is 3. The van der Waals surface area contributed by atoms with Gasteiger partial charge in [0.15, 0.2) is 0 Å². The van der Waals surface area contributed by atoms with Crippen LogP contribution in [0, 0.1) is 17.8 Å². The van der Waals surface area contributed by atoms with E-state index in [0.29, 0.717) is 41.0 Å². The Kier molecular flexibility index (Phi) is 6.24. The molecular weight excluding hydrogens is 381 g/mol. The van der Waals surface area contributed by atoms with Crippen molar-refractivity contribution in [3.8, 4) is 0 Å². The van der Waals surface area contributed by atoms with Gasteiger partial charge in [0.05, 0.1) is 16.6 Å². The summed E-state index contributed by atoms with van der Waals surface area (Å²) in [4.78, 5) is 17.2. The minimum atomic E-state index is -4.45. The number of alkyl halides is 3. The van der Waals surface area contributed by atoms with Crippen LogP contribution in [0.1, 0.15) is 58.3 Å². The lowest BCUT2D eigenvalue weighted by atomic mass is 9.75. The molecule has 0 radical (unpaired) electrons. The monoisotopic (exact) mass is 410 g/mol. The molecule has 1 saturated carbocycles. The maximum absolute atomic E-state index is 13.1. The number of ether oxygens (including phenoxy) is 1. The molecule has 1 aliphatic rings. The van der Waals surface area contributed by atoms with Gasteiger partial charge in [0, 0.05) is 6.42 Å². The van der Waals surface area contributed by atoms with Crippen LogP contribution in [-0.4, -0.2) is 21.6 Å². The molecule has 2 unspecified atom stereocenters. The number of benzene rings is 1. The number of halogens is 3. The Labute approximate surface area is 169 Å². The highest BCUT2D eigenvalue weighted by Gasteiger charge is 2.34. The Morgan fingerprint density at radius 2 is 2.03 bits per heavy atom. The molecule has 3 atom stereocenters. The molecule has 1 aromatic heterocycles. The fraction of sp³-hybridized carbons (Fsp3) is 0.636. The van der Waals surface area contributed by atoms with Gasteiger partial charge in [-0.3, -0.25) is 4.79 Å². The van der Waals surface area contributed by atoms with Gasteiger partial charge in [-0.15, -0.1) is 0 Å². The third kappa shape index (κ3) is 4.75. The number of rotatable bonds is 5. The molecule has 7 heteroatoms. The lowest BCUT2D eigenvalue weighted by Gasteiger charge is -2.36. The second kappa shape index (κ2) is 8.36. The first kappa shape index (κ1) is 21.7. The molecule has 0 spiro atoms. The van der Waals surface area contributed by atoms with E-state index in [-0.39, 0.29) is 12.6 Å². The Morgan fingerprint density at radius 1 is 1.31 bits per heavy atom. The molecule has 1 aromatic carbocycles. The quantitative estimate of drug-likeness (QED) is 0.601. The van der Waals surface area contributed by atoms with Crippen molar-refractivity contribution in [1.82, 2.24) is 9.55 Å². The van der Waals surface area contributed by atoms with Gasteiger partial charge in [0.25, 0.3) is 0 Å². The summed E-state index contributed by atoms with van der Waals surface area (Å²) in [5.41, 5.74) is 0.0168. The Hall–Kier alpha value is -2.05. The van der Waals surface area contributed by atoms with Gasteiger partial charge in [0.2, 0.25) is 0 Å². The summed E-state index contributed by atoms with van der Waals surface area (Å²) in [6, 6.07) is 3.44. The fourth-order valence-corrected chi connectivity index (χ4v) is 4.38. The van der Waals surface area contributed by atoms with Gasteiger partial charge in [-0.1, -0.05) is 34.1 Å². The minimum Gasteiger partial charge on any atom is -0.461 e. The summed E-state index contributed by atoms with van der Waals surface area (Å²) >= 11 is 0. The molecule has 2 aromatic rings. The highest BCUT2D eigenvalue weighted by atomic mass is 19.4. The minimum absolute atomic E-state index is 0.128. The van der Waals surface area contributed by atoms with Crippen molar-refractivity contribution in [2.75, 3.05) is 0 Å². The topological polar surface area (TPSA) is 44.1 Å². The van der Waals surface area contributed by atoms with Crippen LogP contribution in [0.15, 0.2) is 18.2 Å². The second-order valence-electron chi connectivity index (χ2n) is 8.52. The molecule has 0 bridgehead atoms. The highest BCUT2D eigenvalue weighted by Crippen LogP contribution is 2.36. The molecular formula is C22H29F3N2O2. The Bertz CT molecular complexity index is 873. The van der Waals surface area contributed by atoms with E-state index in [1.165, 1.54) is 6.07 Å². The first-order valence-corrected chi connectivity index (χ1v) is 10.4. The van der Waals surface area contributed by atoms with E-state index in [2.05, 4.69) is 25.8 Å². The van der Waals surface area contributed by atoms with Crippen molar-refractivity contribution in [3.63, 3.8) is 0 Å². The molecule has 0 amide bonds. The van der Waals surface area contributed by atoms with Crippen LogP contribution >= 0.6 is 0 Å². The highest BCUT2D eigenvalue weighted by molar-refractivity contribution is 5.80. The van der Waals surface area contributed by atoms with Gasteiger partial charge in [-0.05, 0) is 48.8 Å². The molecule has 1 fully saturated rings. The molecule has 160 valence electrons. The summed E-state index contributed by atoms with van der Waals surface area (Å²) in [5.74, 6) is 1.39. The van der Waals surface area contributed by atoms with E-state index < -0.39 is 17.7 Å². The van der Waals surface area contributed by atoms with Crippen LogP contribution in [0.2, 0.25) is 0 Å². The van der Waals surface area contributed by atoms with Crippen molar-refractivity contribution in [2.24, 2.45) is 17.8 Å². The number of esters is 1. The number of carbonyl (C=O) groups is 1. The van der Waals surface area contributed by atoms with E-state index >= 15 is 0 Å². The van der Waals surface area contributed by atoms with Gasteiger partial charge in [-0.25, -0.2) is 4.98 Å². The zero-order valence-corrected chi connectivity index (χ0v) is 17.4. The Morgan fingerprint density at radius 3 is 2.66 bits per heavy atom. The lowest BCUT2D eigenvalue weighted by molar-refractivity contribution is -0.156. The SMILES string of the molecule is CCc1nc2ccc(C(F)(F)F)cc2n1CC(=O)OC1CC(C)CC[C@H]1C(C)C. The van der Waals surface area contributed by atoms with Crippen molar-refractivity contribution >= 4 is 17.0 Å².